The molecule has 0 spiro atoms. The summed E-state index contributed by atoms with van der Waals surface area (Å²) in [7, 11) is 1.31. The summed E-state index contributed by atoms with van der Waals surface area (Å²) >= 11 is 0. The lowest BCUT2D eigenvalue weighted by atomic mass is 9.78. The molecular formula is C17H26N2O4. The lowest BCUT2D eigenvalue weighted by Gasteiger charge is -2.30. The number of carbonyl (C=O) groups is 2. The number of nitrogens with two attached hydrogens (primary N) is 1. The predicted octanol–water partition coefficient (Wildman–Crippen LogP) is 2.81. The number of methoxy groups -OCH3 is 1. The second kappa shape index (κ2) is 7.00. The highest BCUT2D eigenvalue weighted by Crippen LogP contribution is 2.28. The second-order valence-electron chi connectivity index (χ2n) is 6.93. The summed E-state index contributed by atoms with van der Waals surface area (Å²) in [5, 5.41) is 2.66. The third kappa shape index (κ3) is 5.25. The lowest BCUT2D eigenvalue weighted by molar-refractivity contribution is -0.143. The van der Waals surface area contributed by atoms with Crippen LogP contribution in [0.3, 0.4) is 0 Å². The number of hydrogen-bond donors (Lipinski definition) is 2. The van der Waals surface area contributed by atoms with Gasteiger partial charge in [-0.3, -0.25) is 10.1 Å². The number of hydrogen-bond acceptors (Lipinski definition) is 5. The summed E-state index contributed by atoms with van der Waals surface area (Å²) in [4.78, 5) is 23.4. The first kappa shape index (κ1) is 19.0. The largest absolute Gasteiger partial charge is 0.468 e. The SMILES string of the molecule is COC(=O)C(N)C(C)(C)c1ccc(NC(=O)OC(C)(C)C)cc1. The molecule has 0 bridgehead atoms. The molecule has 6 heteroatoms. The summed E-state index contributed by atoms with van der Waals surface area (Å²) in [6, 6.07) is 6.33. The van der Waals surface area contributed by atoms with E-state index in [4.69, 9.17) is 15.2 Å². The first-order valence-electron chi connectivity index (χ1n) is 7.41. The van der Waals surface area contributed by atoms with Crippen molar-refractivity contribution >= 4 is 17.7 Å². The Hall–Kier alpha value is -2.08. The van der Waals surface area contributed by atoms with Crippen molar-refractivity contribution in [3.8, 4) is 0 Å². The molecule has 1 aromatic rings. The Bertz CT molecular complexity index is 559. The molecule has 1 rings (SSSR count). The van der Waals surface area contributed by atoms with Gasteiger partial charge in [0.15, 0.2) is 0 Å². The van der Waals surface area contributed by atoms with Gasteiger partial charge in [-0.15, -0.1) is 0 Å². The monoisotopic (exact) mass is 322 g/mol. The molecule has 0 fully saturated rings. The van der Waals surface area contributed by atoms with Crippen LogP contribution in [0.2, 0.25) is 0 Å². The van der Waals surface area contributed by atoms with Crippen LogP contribution in [-0.4, -0.2) is 30.8 Å². The summed E-state index contributed by atoms with van der Waals surface area (Å²) in [5.74, 6) is -0.467. The molecule has 6 nitrogen and oxygen atoms in total. The molecule has 0 radical (unpaired) electrons. The molecule has 1 amide bonds. The van der Waals surface area contributed by atoms with Crippen molar-refractivity contribution in [2.45, 2.75) is 51.7 Å². The Kier molecular flexibility index (Phi) is 5.77. The average molecular weight is 322 g/mol. The van der Waals surface area contributed by atoms with E-state index in [9.17, 15) is 9.59 Å². The summed E-state index contributed by atoms with van der Waals surface area (Å²) in [6.07, 6.45) is -0.518. The highest BCUT2D eigenvalue weighted by molar-refractivity contribution is 5.85. The number of nitrogens with one attached hydrogen (secondary N) is 1. The second-order valence-corrected chi connectivity index (χ2v) is 6.93. The van der Waals surface area contributed by atoms with Crippen molar-refractivity contribution in [1.82, 2.24) is 0 Å². The quantitative estimate of drug-likeness (QED) is 0.832. The fourth-order valence-electron chi connectivity index (χ4n) is 2.01. The lowest BCUT2D eigenvalue weighted by Crippen LogP contribution is -2.47. The molecule has 0 saturated heterocycles. The number of rotatable bonds is 4. The van der Waals surface area contributed by atoms with Gasteiger partial charge in [0.05, 0.1) is 7.11 Å². The van der Waals surface area contributed by atoms with Crippen LogP contribution >= 0.6 is 0 Å². The zero-order chi connectivity index (χ0) is 17.8. The molecule has 0 saturated carbocycles. The number of anilines is 1. The van der Waals surface area contributed by atoms with Crippen LogP contribution in [0.25, 0.3) is 0 Å². The number of benzene rings is 1. The van der Waals surface area contributed by atoms with Crippen LogP contribution in [0.5, 0.6) is 0 Å². The number of carbonyl (C=O) groups excluding carboxylic acids is 2. The normalized spacial score (nSPS) is 13.2. The maximum atomic E-state index is 11.7. The van der Waals surface area contributed by atoms with Gasteiger partial charge < -0.3 is 15.2 Å². The van der Waals surface area contributed by atoms with Crippen molar-refractivity contribution in [2.75, 3.05) is 12.4 Å². The van der Waals surface area contributed by atoms with Crippen LogP contribution in [0.1, 0.15) is 40.2 Å². The molecule has 0 heterocycles. The molecule has 1 aromatic carbocycles. The van der Waals surface area contributed by atoms with Crippen molar-refractivity contribution in [2.24, 2.45) is 5.73 Å². The number of esters is 1. The zero-order valence-electron chi connectivity index (χ0n) is 14.6. The highest BCUT2D eigenvalue weighted by atomic mass is 16.6. The van der Waals surface area contributed by atoms with Gasteiger partial charge in [-0.2, -0.15) is 0 Å². The Balaban J connectivity index is 2.84. The molecule has 0 aliphatic carbocycles. The van der Waals surface area contributed by atoms with Crippen molar-refractivity contribution < 1.29 is 19.1 Å². The molecule has 1 unspecified atom stereocenters. The van der Waals surface area contributed by atoms with Crippen molar-refractivity contribution in [3.05, 3.63) is 29.8 Å². The van der Waals surface area contributed by atoms with Gasteiger partial charge in [-0.1, -0.05) is 26.0 Å². The van der Waals surface area contributed by atoms with E-state index in [1.54, 1.807) is 32.9 Å². The van der Waals surface area contributed by atoms with Crippen LogP contribution in [0.4, 0.5) is 10.5 Å². The number of ether oxygens (including phenoxy) is 2. The molecule has 128 valence electrons. The Labute approximate surface area is 137 Å². The van der Waals surface area contributed by atoms with E-state index in [-0.39, 0.29) is 0 Å². The molecular weight excluding hydrogens is 296 g/mol. The van der Waals surface area contributed by atoms with Gasteiger partial charge in [0.1, 0.15) is 11.6 Å². The van der Waals surface area contributed by atoms with E-state index >= 15 is 0 Å². The van der Waals surface area contributed by atoms with Crippen molar-refractivity contribution in [3.63, 3.8) is 0 Å². The Morgan fingerprint density at radius 2 is 1.61 bits per heavy atom. The maximum absolute atomic E-state index is 11.7. The van der Waals surface area contributed by atoms with E-state index in [1.807, 2.05) is 26.0 Å². The van der Waals surface area contributed by atoms with Crippen LogP contribution in [0, 0.1) is 0 Å². The molecule has 0 aliphatic heterocycles. The minimum absolute atomic E-state index is 0.467. The highest BCUT2D eigenvalue weighted by Gasteiger charge is 2.34. The minimum Gasteiger partial charge on any atom is -0.468 e. The van der Waals surface area contributed by atoms with Crippen molar-refractivity contribution in [1.29, 1.82) is 0 Å². The van der Waals surface area contributed by atoms with E-state index in [1.165, 1.54) is 7.11 Å². The van der Waals surface area contributed by atoms with Gasteiger partial charge in [0, 0.05) is 11.1 Å². The van der Waals surface area contributed by atoms with Gasteiger partial charge in [-0.05, 0) is 38.5 Å². The first-order chi connectivity index (χ1) is 10.5. The minimum atomic E-state index is -0.780. The van der Waals surface area contributed by atoms with Gasteiger partial charge in [0.25, 0.3) is 0 Å². The van der Waals surface area contributed by atoms with Gasteiger partial charge >= 0.3 is 12.1 Å². The Morgan fingerprint density at radius 3 is 2.04 bits per heavy atom. The first-order valence-corrected chi connectivity index (χ1v) is 7.41. The van der Waals surface area contributed by atoms with E-state index in [0.717, 1.165) is 5.56 Å². The molecule has 0 aromatic heterocycles. The average Bonchev–Trinajstić information content (AvgIpc) is 2.44. The Morgan fingerprint density at radius 1 is 1.09 bits per heavy atom. The summed E-state index contributed by atoms with van der Waals surface area (Å²) in [5.41, 5.74) is 6.27. The molecule has 3 N–H and O–H groups in total. The summed E-state index contributed by atoms with van der Waals surface area (Å²) in [6.45, 7) is 9.13. The third-order valence-electron chi connectivity index (χ3n) is 3.51. The van der Waals surface area contributed by atoms with E-state index in [0.29, 0.717) is 5.69 Å². The van der Waals surface area contributed by atoms with Crippen LogP contribution < -0.4 is 11.1 Å². The van der Waals surface area contributed by atoms with Gasteiger partial charge in [0.2, 0.25) is 0 Å². The molecule has 23 heavy (non-hydrogen) atoms. The predicted molar refractivity (Wildman–Crippen MR) is 89.3 cm³/mol. The zero-order valence-corrected chi connectivity index (χ0v) is 14.6. The third-order valence-corrected chi connectivity index (χ3v) is 3.51. The summed E-state index contributed by atoms with van der Waals surface area (Å²) < 4.78 is 9.90. The smallest absolute Gasteiger partial charge is 0.412 e. The standard InChI is InChI=1S/C17H26N2O4/c1-16(2,3)23-15(21)19-12-9-7-11(8-10-12)17(4,5)13(18)14(20)22-6/h7-10,13H,18H2,1-6H3,(H,19,21). The van der Waals surface area contributed by atoms with E-state index < -0.39 is 29.1 Å². The van der Waals surface area contributed by atoms with Crippen LogP contribution in [-0.2, 0) is 19.7 Å². The van der Waals surface area contributed by atoms with Gasteiger partial charge in [-0.25, -0.2) is 4.79 Å². The van der Waals surface area contributed by atoms with Crippen LogP contribution in [0.15, 0.2) is 24.3 Å². The van der Waals surface area contributed by atoms with E-state index in [2.05, 4.69) is 5.32 Å². The maximum Gasteiger partial charge on any atom is 0.412 e. The fourth-order valence-corrected chi connectivity index (χ4v) is 2.01. The molecule has 0 aliphatic rings. The molecule has 1 atom stereocenters. The number of amides is 1. The topological polar surface area (TPSA) is 90.6 Å². The fraction of sp³-hybridized carbons (Fsp3) is 0.529.